The first kappa shape index (κ1) is 9.19. The molecule has 68 valence electrons. The molecule has 0 bridgehead atoms. The van der Waals surface area contributed by atoms with Crippen LogP contribution in [0.25, 0.3) is 0 Å². The van der Waals surface area contributed by atoms with Crippen molar-refractivity contribution in [3.05, 3.63) is 11.6 Å². The van der Waals surface area contributed by atoms with Crippen LogP contribution in [0.4, 0.5) is 0 Å². The third-order valence-electron chi connectivity index (χ3n) is 1.88. The first-order chi connectivity index (χ1) is 5.66. The third-order valence-corrected chi connectivity index (χ3v) is 1.88. The molecule has 0 atom stereocenters. The normalized spacial score (nSPS) is 11.1. The molecule has 0 amide bonds. The van der Waals surface area contributed by atoms with E-state index in [1.165, 1.54) is 0 Å². The zero-order valence-electron chi connectivity index (χ0n) is 7.91. The fraction of sp³-hybridized carbons (Fsp3) is 0.750. The van der Waals surface area contributed by atoms with Gasteiger partial charge in [-0.1, -0.05) is 13.8 Å². The topological polar surface area (TPSA) is 56.7 Å². The summed E-state index contributed by atoms with van der Waals surface area (Å²) < 4.78 is 2.03. The van der Waals surface area contributed by atoms with E-state index < -0.39 is 0 Å². The second kappa shape index (κ2) is 3.67. The fourth-order valence-electron chi connectivity index (χ4n) is 1.22. The minimum atomic E-state index is 0.425. The van der Waals surface area contributed by atoms with Crippen LogP contribution in [0.15, 0.2) is 0 Å². The zero-order chi connectivity index (χ0) is 9.14. The molecule has 0 aromatic carbocycles. The first-order valence-corrected chi connectivity index (χ1v) is 4.25. The van der Waals surface area contributed by atoms with E-state index in [4.69, 9.17) is 5.73 Å². The second-order valence-electron chi connectivity index (χ2n) is 3.23. The molecular weight excluding hydrogens is 152 g/mol. The second-order valence-corrected chi connectivity index (χ2v) is 3.23. The molecule has 0 fully saturated rings. The SMILES string of the molecule is CC(C)c1nnc(CCN)n1C. The molecule has 2 N–H and O–H groups in total. The van der Waals surface area contributed by atoms with Gasteiger partial charge in [0.15, 0.2) is 0 Å². The highest BCUT2D eigenvalue weighted by Crippen LogP contribution is 2.11. The van der Waals surface area contributed by atoms with Gasteiger partial charge in [-0.05, 0) is 6.54 Å². The number of nitrogens with two attached hydrogens (primary N) is 1. The Bertz CT molecular complexity index is 252. The molecule has 1 aromatic rings. The standard InChI is InChI=1S/C8H16N4/c1-6(2)8-11-10-7(4-5-9)12(8)3/h6H,4-5,9H2,1-3H3. The molecule has 1 heterocycles. The Hall–Kier alpha value is -0.900. The van der Waals surface area contributed by atoms with Gasteiger partial charge in [0, 0.05) is 19.4 Å². The zero-order valence-corrected chi connectivity index (χ0v) is 7.91. The Labute approximate surface area is 72.8 Å². The Kier molecular flexibility index (Phi) is 2.81. The molecule has 0 saturated carbocycles. The van der Waals surface area contributed by atoms with Crippen LogP contribution in [-0.2, 0) is 13.5 Å². The molecule has 0 aliphatic carbocycles. The van der Waals surface area contributed by atoms with Crippen molar-refractivity contribution in [1.82, 2.24) is 14.8 Å². The summed E-state index contributed by atoms with van der Waals surface area (Å²) in [5, 5.41) is 8.15. The van der Waals surface area contributed by atoms with Gasteiger partial charge in [-0.25, -0.2) is 0 Å². The lowest BCUT2D eigenvalue weighted by Gasteiger charge is -2.04. The monoisotopic (exact) mass is 168 g/mol. The summed E-state index contributed by atoms with van der Waals surface area (Å²) in [6.07, 6.45) is 0.802. The molecule has 1 rings (SSSR count). The van der Waals surface area contributed by atoms with Gasteiger partial charge in [0.1, 0.15) is 11.6 Å². The largest absolute Gasteiger partial charge is 0.330 e. The maximum absolute atomic E-state index is 5.43. The van der Waals surface area contributed by atoms with Crippen LogP contribution in [0.1, 0.15) is 31.4 Å². The Morgan fingerprint density at radius 1 is 1.42 bits per heavy atom. The van der Waals surface area contributed by atoms with Crippen LogP contribution in [-0.4, -0.2) is 21.3 Å². The molecule has 0 spiro atoms. The molecule has 0 aliphatic heterocycles. The highest BCUT2D eigenvalue weighted by Gasteiger charge is 2.10. The predicted octanol–water partition coefficient (Wildman–Crippen LogP) is 0.440. The molecule has 0 saturated heterocycles. The summed E-state index contributed by atoms with van der Waals surface area (Å²) in [4.78, 5) is 0. The summed E-state index contributed by atoms with van der Waals surface area (Å²) >= 11 is 0. The van der Waals surface area contributed by atoms with Crippen LogP contribution in [0.3, 0.4) is 0 Å². The Morgan fingerprint density at radius 3 is 2.50 bits per heavy atom. The van der Waals surface area contributed by atoms with Crippen molar-refractivity contribution in [1.29, 1.82) is 0 Å². The third kappa shape index (κ3) is 1.64. The Morgan fingerprint density at radius 2 is 2.08 bits per heavy atom. The molecule has 1 aromatic heterocycles. The quantitative estimate of drug-likeness (QED) is 0.712. The van der Waals surface area contributed by atoms with Gasteiger partial charge in [-0.15, -0.1) is 10.2 Å². The summed E-state index contributed by atoms with van der Waals surface area (Å²) in [7, 11) is 1.99. The number of hydrogen-bond acceptors (Lipinski definition) is 3. The molecular formula is C8H16N4. The van der Waals surface area contributed by atoms with Crippen LogP contribution < -0.4 is 5.73 Å². The Balaban J connectivity index is 2.88. The molecule has 12 heavy (non-hydrogen) atoms. The summed E-state index contributed by atoms with van der Waals surface area (Å²) in [5.41, 5.74) is 5.43. The van der Waals surface area contributed by atoms with E-state index in [9.17, 15) is 0 Å². The maximum Gasteiger partial charge on any atom is 0.135 e. The van der Waals surface area contributed by atoms with Gasteiger partial charge in [-0.2, -0.15) is 0 Å². The van der Waals surface area contributed by atoms with E-state index in [2.05, 4.69) is 24.0 Å². The van der Waals surface area contributed by atoms with Crippen molar-refractivity contribution in [3.8, 4) is 0 Å². The van der Waals surface area contributed by atoms with Crippen molar-refractivity contribution >= 4 is 0 Å². The van der Waals surface area contributed by atoms with Crippen molar-refractivity contribution in [3.63, 3.8) is 0 Å². The lowest BCUT2D eigenvalue weighted by atomic mass is 10.2. The van der Waals surface area contributed by atoms with Crippen LogP contribution in [0.2, 0.25) is 0 Å². The van der Waals surface area contributed by atoms with Crippen molar-refractivity contribution < 1.29 is 0 Å². The average molecular weight is 168 g/mol. The predicted molar refractivity (Wildman–Crippen MR) is 47.9 cm³/mol. The van der Waals surface area contributed by atoms with E-state index in [0.717, 1.165) is 18.1 Å². The molecule has 0 aliphatic rings. The highest BCUT2D eigenvalue weighted by molar-refractivity contribution is 4.99. The highest BCUT2D eigenvalue weighted by atomic mass is 15.3. The number of aromatic nitrogens is 3. The maximum atomic E-state index is 5.43. The van der Waals surface area contributed by atoms with Gasteiger partial charge in [0.25, 0.3) is 0 Å². The summed E-state index contributed by atoms with van der Waals surface area (Å²) in [5.74, 6) is 2.42. The first-order valence-electron chi connectivity index (χ1n) is 4.25. The molecule has 4 nitrogen and oxygen atoms in total. The minimum Gasteiger partial charge on any atom is -0.330 e. The van der Waals surface area contributed by atoms with Crippen LogP contribution in [0.5, 0.6) is 0 Å². The van der Waals surface area contributed by atoms with Crippen molar-refractivity contribution in [2.45, 2.75) is 26.2 Å². The molecule has 0 unspecified atom stereocenters. The van der Waals surface area contributed by atoms with Crippen molar-refractivity contribution in [2.75, 3.05) is 6.54 Å². The van der Waals surface area contributed by atoms with Gasteiger partial charge >= 0.3 is 0 Å². The van der Waals surface area contributed by atoms with E-state index in [0.29, 0.717) is 12.5 Å². The molecule has 4 heteroatoms. The van der Waals surface area contributed by atoms with Gasteiger partial charge in [0.2, 0.25) is 0 Å². The van der Waals surface area contributed by atoms with Crippen LogP contribution >= 0.6 is 0 Å². The number of hydrogen-bond donors (Lipinski definition) is 1. The number of rotatable bonds is 3. The van der Waals surface area contributed by atoms with Gasteiger partial charge < -0.3 is 10.3 Å². The number of nitrogens with zero attached hydrogens (tertiary/aromatic N) is 3. The van der Waals surface area contributed by atoms with E-state index >= 15 is 0 Å². The fourth-order valence-corrected chi connectivity index (χ4v) is 1.22. The van der Waals surface area contributed by atoms with Gasteiger partial charge in [0.05, 0.1) is 0 Å². The van der Waals surface area contributed by atoms with Crippen molar-refractivity contribution in [2.24, 2.45) is 12.8 Å². The molecule has 0 radical (unpaired) electrons. The summed E-state index contributed by atoms with van der Waals surface area (Å²) in [6, 6.07) is 0. The van der Waals surface area contributed by atoms with Crippen LogP contribution in [0, 0.1) is 0 Å². The smallest absolute Gasteiger partial charge is 0.135 e. The lowest BCUT2D eigenvalue weighted by molar-refractivity contribution is 0.686. The van der Waals surface area contributed by atoms with Gasteiger partial charge in [-0.3, -0.25) is 0 Å². The average Bonchev–Trinajstić information content (AvgIpc) is 2.34. The van der Waals surface area contributed by atoms with E-state index in [1.54, 1.807) is 0 Å². The van der Waals surface area contributed by atoms with E-state index in [1.807, 2.05) is 11.6 Å². The lowest BCUT2D eigenvalue weighted by Crippen LogP contribution is -2.09. The van der Waals surface area contributed by atoms with E-state index in [-0.39, 0.29) is 0 Å². The summed E-state index contributed by atoms with van der Waals surface area (Å²) in [6.45, 7) is 4.84. The minimum absolute atomic E-state index is 0.425.